The smallest absolute Gasteiger partial charge is 0.433 e. The number of carboxylic acid groups (broad SMARTS) is 1. The van der Waals surface area contributed by atoms with Crippen LogP contribution >= 0.6 is 23.2 Å². The highest BCUT2D eigenvalue weighted by Crippen LogP contribution is 2.35. The van der Waals surface area contributed by atoms with E-state index in [2.05, 4.69) is 0 Å². The van der Waals surface area contributed by atoms with Crippen LogP contribution in [0.1, 0.15) is 10.4 Å². The Labute approximate surface area is 116 Å². The highest BCUT2D eigenvalue weighted by molar-refractivity contribution is 6.38. The predicted octanol–water partition coefficient (Wildman–Crippen LogP) is 2.53. The molecule has 0 aliphatic rings. The molecule has 0 unspecified atom stereocenters. The van der Waals surface area contributed by atoms with Gasteiger partial charge in [0.25, 0.3) is 0 Å². The molecule has 0 saturated heterocycles. The van der Waals surface area contributed by atoms with Gasteiger partial charge in [-0.05, 0) is 18.2 Å². The molecule has 2 rings (SSSR count). The van der Waals surface area contributed by atoms with E-state index in [1.807, 2.05) is 0 Å². The summed E-state index contributed by atoms with van der Waals surface area (Å²) in [5.74, 6) is -1.89. The standard InChI is InChI=1S/C11H5Cl2NO5/c12-7-4-8(13)6(11(15)16)3-5(7)9-1-2-10(19-9)14(17)18/h1-4H,(H,15,16)/p-1. The quantitative estimate of drug-likeness (QED) is 0.641. The number of benzene rings is 1. The molecule has 0 N–H and O–H groups in total. The Hall–Kier alpha value is -2.05. The van der Waals surface area contributed by atoms with Gasteiger partial charge in [0.2, 0.25) is 0 Å². The number of halogens is 2. The molecule has 6 nitrogen and oxygen atoms in total. The fraction of sp³-hybridized carbons (Fsp3) is 0. The summed E-state index contributed by atoms with van der Waals surface area (Å²) >= 11 is 11.6. The van der Waals surface area contributed by atoms with E-state index in [9.17, 15) is 20.0 Å². The topological polar surface area (TPSA) is 96.4 Å². The number of furan rings is 1. The molecule has 0 amide bonds. The van der Waals surface area contributed by atoms with Crippen LogP contribution in [0.3, 0.4) is 0 Å². The van der Waals surface area contributed by atoms with Gasteiger partial charge in [-0.1, -0.05) is 23.2 Å². The van der Waals surface area contributed by atoms with Gasteiger partial charge >= 0.3 is 5.88 Å². The van der Waals surface area contributed by atoms with Crippen molar-refractivity contribution in [3.63, 3.8) is 0 Å². The zero-order chi connectivity index (χ0) is 14.2. The van der Waals surface area contributed by atoms with Gasteiger partial charge in [0.1, 0.15) is 10.7 Å². The second kappa shape index (κ2) is 4.91. The minimum Gasteiger partial charge on any atom is -0.545 e. The Morgan fingerprint density at radius 3 is 2.42 bits per heavy atom. The molecular formula is C11H4Cl2NO5-. The second-order valence-corrected chi connectivity index (χ2v) is 4.31. The average Bonchev–Trinajstić information content (AvgIpc) is 2.77. The third-order valence-corrected chi connectivity index (χ3v) is 2.94. The largest absolute Gasteiger partial charge is 0.545 e. The number of aromatic carboxylic acids is 1. The van der Waals surface area contributed by atoms with Crippen molar-refractivity contribution < 1.29 is 19.2 Å². The zero-order valence-electron chi connectivity index (χ0n) is 9.05. The van der Waals surface area contributed by atoms with Gasteiger partial charge in [-0.3, -0.25) is 10.1 Å². The molecule has 1 heterocycles. The maximum atomic E-state index is 10.9. The number of nitro groups is 1. The molecule has 0 aliphatic carbocycles. The monoisotopic (exact) mass is 300 g/mol. The first-order valence-electron chi connectivity index (χ1n) is 4.85. The molecule has 0 fully saturated rings. The molecule has 8 heteroatoms. The van der Waals surface area contributed by atoms with Gasteiger partial charge in [0.05, 0.1) is 22.1 Å². The summed E-state index contributed by atoms with van der Waals surface area (Å²) in [7, 11) is 0. The Kier molecular flexibility index (Phi) is 3.46. The van der Waals surface area contributed by atoms with Crippen LogP contribution in [0.2, 0.25) is 10.0 Å². The summed E-state index contributed by atoms with van der Waals surface area (Å²) in [6.07, 6.45) is 0. The Bertz CT molecular complexity index is 680. The van der Waals surface area contributed by atoms with Gasteiger partial charge in [-0.25, -0.2) is 0 Å². The van der Waals surface area contributed by atoms with E-state index in [4.69, 9.17) is 27.6 Å². The number of nitrogens with zero attached hydrogens (tertiary/aromatic N) is 1. The molecule has 1 aromatic heterocycles. The van der Waals surface area contributed by atoms with Crippen molar-refractivity contribution in [3.05, 3.63) is 50.0 Å². The van der Waals surface area contributed by atoms with Crippen LogP contribution in [0.15, 0.2) is 28.7 Å². The molecule has 0 spiro atoms. The first kappa shape index (κ1) is 13.4. The normalized spacial score (nSPS) is 10.4. The molecule has 0 bridgehead atoms. The first-order valence-corrected chi connectivity index (χ1v) is 5.60. The van der Waals surface area contributed by atoms with Gasteiger partial charge in [-0.15, -0.1) is 0 Å². The van der Waals surface area contributed by atoms with Gasteiger partial charge in [0, 0.05) is 11.1 Å². The first-order chi connectivity index (χ1) is 8.90. The highest BCUT2D eigenvalue weighted by Gasteiger charge is 2.17. The fourth-order valence-electron chi connectivity index (χ4n) is 1.46. The molecule has 98 valence electrons. The average molecular weight is 301 g/mol. The van der Waals surface area contributed by atoms with Crippen LogP contribution in [0.4, 0.5) is 5.88 Å². The molecule has 0 saturated carbocycles. The molecule has 2 aromatic rings. The van der Waals surface area contributed by atoms with Gasteiger partial charge < -0.3 is 14.3 Å². The van der Waals surface area contributed by atoms with Crippen LogP contribution in [0.5, 0.6) is 0 Å². The van der Waals surface area contributed by atoms with E-state index in [1.54, 1.807) is 0 Å². The summed E-state index contributed by atoms with van der Waals surface area (Å²) in [6.45, 7) is 0. The minimum absolute atomic E-state index is 0.0656. The lowest BCUT2D eigenvalue weighted by molar-refractivity contribution is -0.401. The highest BCUT2D eigenvalue weighted by atomic mass is 35.5. The Balaban J connectivity index is 2.57. The van der Waals surface area contributed by atoms with Crippen molar-refractivity contribution in [2.75, 3.05) is 0 Å². The van der Waals surface area contributed by atoms with E-state index >= 15 is 0 Å². The summed E-state index contributed by atoms with van der Waals surface area (Å²) in [4.78, 5) is 20.7. The number of hydrogen-bond acceptors (Lipinski definition) is 5. The third kappa shape index (κ3) is 2.54. The van der Waals surface area contributed by atoms with Gasteiger partial charge in [0.15, 0.2) is 0 Å². The Morgan fingerprint density at radius 2 is 1.89 bits per heavy atom. The van der Waals surface area contributed by atoms with Crippen molar-refractivity contribution in [1.29, 1.82) is 0 Å². The maximum Gasteiger partial charge on any atom is 0.433 e. The van der Waals surface area contributed by atoms with E-state index < -0.39 is 16.8 Å². The Morgan fingerprint density at radius 1 is 1.21 bits per heavy atom. The summed E-state index contributed by atoms with van der Waals surface area (Å²) < 4.78 is 4.95. The number of carbonyl (C=O) groups excluding carboxylic acids is 1. The second-order valence-electron chi connectivity index (χ2n) is 3.49. The van der Waals surface area contributed by atoms with Crippen molar-refractivity contribution in [1.82, 2.24) is 0 Å². The van der Waals surface area contributed by atoms with Crippen LogP contribution in [0.25, 0.3) is 11.3 Å². The lowest BCUT2D eigenvalue weighted by atomic mass is 10.1. The van der Waals surface area contributed by atoms with E-state index in [0.29, 0.717) is 0 Å². The maximum absolute atomic E-state index is 10.9. The van der Waals surface area contributed by atoms with Crippen molar-refractivity contribution in [2.45, 2.75) is 0 Å². The van der Waals surface area contributed by atoms with Crippen LogP contribution in [-0.4, -0.2) is 10.9 Å². The summed E-state index contributed by atoms with van der Waals surface area (Å²) in [6, 6.07) is 4.80. The molecule has 1 aromatic carbocycles. The van der Waals surface area contributed by atoms with E-state index in [1.165, 1.54) is 12.1 Å². The number of carboxylic acids is 1. The van der Waals surface area contributed by atoms with Crippen LogP contribution in [-0.2, 0) is 0 Å². The zero-order valence-corrected chi connectivity index (χ0v) is 10.6. The third-order valence-electron chi connectivity index (χ3n) is 2.31. The minimum atomic E-state index is -1.48. The number of carbonyl (C=O) groups is 1. The molecule has 0 aliphatic heterocycles. The molecule has 0 radical (unpaired) electrons. The van der Waals surface area contributed by atoms with Crippen LogP contribution in [0, 0.1) is 10.1 Å². The molecule has 19 heavy (non-hydrogen) atoms. The lowest BCUT2D eigenvalue weighted by Crippen LogP contribution is -2.22. The van der Waals surface area contributed by atoms with E-state index in [-0.39, 0.29) is 26.9 Å². The summed E-state index contributed by atoms with van der Waals surface area (Å²) in [5, 5.41) is 21.4. The SMILES string of the molecule is O=C([O-])c1cc(-c2ccc([N+](=O)[O-])o2)c(Cl)cc1Cl. The van der Waals surface area contributed by atoms with Crippen molar-refractivity contribution >= 4 is 35.1 Å². The van der Waals surface area contributed by atoms with Crippen molar-refractivity contribution in [3.8, 4) is 11.3 Å². The van der Waals surface area contributed by atoms with Crippen molar-refractivity contribution in [2.24, 2.45) is 0 Å². The fourth-order valence-corrected chi connectivity index (χ4v) is 2.02. The number of hydrogen-bond donors (Lipinski definition) is 0. The van der Waals surface area contributed by atoms with Crippen LogP contribution < -0.4 is 5.11 Å². The summed E-state index contributed by atoms with van der Waals surface area (Å²) in [5.41, 5.74) is -0.0986. The lowest BCUT2D eigenvalue weighted by Gasteiger charge is -2.08. The van der Waals surface area contributed by atoms with E-state index in [0.717, 1.165) is 12.1 Å². The molecule has 0 atom stereocenters. The predicted molar refractivity (Wildman–Crippen MR) is 65.1 cm³/mol. The van der Waals surface area contributed by atoms with Gasteiger partial charge in [-0.2, -0.15) is 0 Å². The number of rotatable bonds is 3. The molecular weight excluding hydrogens is 297 g/mol.